The lowest BCUT2D eigenvalue weighted by atomic mass is 10.1. The van der Waals surface area contributed by atoms with Crippen LogP contribution in [0.25, 0.3) is 0 Å². The summed E-state index contributed by atoms with van der Waals surface area (Å²) in [6, 6.07) is 10.7. The number of anilines is 1. The fourth-order valence-electron chi connectivity index (χ4n) is 2.17. The van der Waals surface area contributed by atoms with Gasteiger partial charge >= 0.3 is 5.97 Å². The summed E-state index contributed by atoms with van der Waals surface area (Å²) in [7, 11) is 0. The molecule has 1 aromatic heterocycles. The largest absolute Gasteiger partial charge is 0.456 e. The first-order valence-electron chi connectivity index (χ1n) is 7.64. The molecule has 2 aromatic rings. The SMILES string of the molecule is CC(=O)c1ccccc1NC(=O)COC(=O)CCCc1cccs1. The molecule has 0 fully saturated rings. The first-order chi connectivity index (χ1) is 11.6. The van der Waals surface area contributed by atoms with E-state index >= 15 is 0 Å². The fraction of sp³-hybridized carbons (Fsp3) is 0.278. The second-order valence-corrected chi connectivity index (χ2v) is 6.28. The van der Waals surface area contributed by atoms with Crippen molar-refractivity contribution in [1.29, 1.82) is 0 Å². The molecule has 6 heteroatoms. The Hall–Kier alpha value is -2.47. The molecule has 0 radical (unpaired) electrons. The Morgan fingerprint density at radius 2 is 1.92 bits per heavy atom. The Balaban J connectivity index is 1.73. The lowest BCUT2D eigenvalue weighted by molar-refractivity contribution is -0.147. The van der Waals surface area contributed by atoms with Crippen molar-refractivity contribution in [2.75, 3.05) is 11.9 Å². The fourth-order valence-corrected chi connectivity index (χ4v) is 2.92. The first-order valence-corrected chi connectivity index (χ1v) is 8.52. The van der Waals surface area contributed by atoms with Crippen LogP contribution in [0.15, 0.2) is 41.8 Å². The van der Waals surface area contributed by atoms with Crippen LogP contribution >= 0.6 is 11.3 Å². The zero-order valence-corrected chi connectivity index (χ0v) is 14.2. The highest BCUT2D eigenvalue weighted by Gasteiger charge is 2.11. The minimum Gasteiger partial charge on any atom is -0.456 e. The van der Waals surface area contributed by atoms with E-state index < -0.39 is 11.9 Å². The minimum absolute atomic E-state index is 0.142. The molecule has 0 saturated heterocycles. The van der Waals surface area contributed by atoms with E-state index in [0.717, 1.165) is 6.42 Å². The number of para-hydroxylation sites is 1. The highest BCUT2D eigenvalue weighted by Crippen LogP contribution is 2.15. The summed E-state index contributed by atoms with van der Waals surface area (Å²) in [5, 5.41) is 4.59. The molecule has 0 atom stereocenters. The maximum Gasteiger partial charge on any atom is 0.306 e. The van der Waals surface area contributed by atoms with E-state index in [-0.39, 0.29) is 18.8 Å². The van der Waals surface area contributed by atoms with E-state index in [9.17, 15) is 14.4 Å². The Kier molecular flexibility index (Phi) is 6.69. The maximum absolute atomic E-state index is 11.9. The van der Waals surface area contributed by atoms with Gasteiger partial charge in [0.2, 0.25) is 0 Å². The number of rotatable bonds is 8. The molecular weight excluding hydrogens is 326 g/mol. The molecule has 0 saturated carbocycles. The van der Waals surface area contributed by atoms with Crippen LogP contribution in [0.3, 0.4) is 0 Å². The second kappa shape index (κ2) is 8.98. The molecule has 0 aliphatic carbocycles. The molecule has 0 unspecified atom stereocenters. The summed E-state index contributed by atoms with van der Waals surface area (Å²) < 4.78 is 4.96. The molecule has 1 amide bonds. The van der Waals surface area contributed by atoms with Crippen molar-refractivity contribution in [3.63, 3.8) is 0 Å². The van der Waals surface area contributed by atoms with Crippen molar-refractivity contribution in [1.82, 2.24) is 0 Å². The highest BCUT2D eigenvalue weighted by molar-refractivity contribution is 7.09. The lowest BCUT2D eigenvalue weighted by Crippen LogP contribution is -2.21. The molecule has 126 valence electrons. The number of carbonyl (C=O) groups excluding carboxylic acids is 3. The van der Waals surface area contributed by atoms with Crippen LogP contribution in [-0.4, -0.2) is 24.3 Å². The summed E-state index contributed by atoms with van der Waals surface area (Å²) in [4.78, 5) is 36.2. The van der Waals surface area contributed by atoms with E-state index in [1.165, 1.54) is 11.8 Å². The van der Waals surface area contributed by atoms with Crippen LogP contribution in [0.4, 0.5) is 5.69 Å². The van der Waals surface area contributed by atoms with Gasteiger partial charge in [0.1, 0.15) is 0 Å². The van der Waals surface area contributed by atoms with Gasteiger partial charge in [0, 0.05) is 16.9 Å². The monoisotopic (exact) mass is 345 g/mol. The number of amides is 1. The van der Waals surface area contributed by atoms with Crippen molar-refractivity contribution >= 4 is 34.7 Å². The quantitative estimate of drug-likeness (QED) is 0.587. The lowest BCUT2D eigenvalue weighted by Gasteiger charge is -2.09. The number of carbonyl (C=O) groups is 3. The summed E-state index contributed by atoms with van der Waals surface area (Å²) >= 11 is 1.65. The number of ketones is 1. The Labute approximate surface area is 144 Å². The second-order valence-electron chi connectivity index (χ2n) is 5.24. The molecule has 1 aromatic carbocycles. The molecular formula is C18H19NO4S. The molecule has 1 heterocycles. The van der Waals surface area contributed by atoms with Gasteiger partial charge in [-0.25, -0.2) is 0 Å². The minimum atomic E-state index is -0.463. The number of esters is 1. The van der Waals surface area contributed by atoms with Gasteiger partial charge in [0.25, 0.3) is 5.91 Å². The molecule has 1 N–H and O–H groups in total. The van der Waals surface area contributed by atoms with Crippen molar-refractivity contribution in [2.24, 2.45) is 0 Å². The predicted molar refractivity (Wildman–Crippen MR) is 93.3 cm³/mol. The first kappa shape index (κ1) is 17.9. The number of hydrogen-bond acceptors (Lipinski definition) is 5. The molecule has 0 bridgehead atoms. The van der Waals surface area contributed by atoms with E-state index in [0.29, 0.717) is 17.7 Å². The molecule has 0 aliphatic heterocycles. The zero-order valence-electron chi connectivity index (χ0n) is 13.4. The van der Waals surface area contributed by atoms with Gasteiger partial charge in [-0.05, 0) is 43.3 Å². The average Bonchev–Trinajstić information content (AvgIpc) is 3.06. The summed E-state index contributed by atoms with van der Waals surface area (Å²) in [5.74, 6) is -1.01. The number of benzene rings is 1. The molecule has 0 aliphatic rings. The van der Waals surface area contributed by atoms with Gasteiger partial charge in [-0.2, -0.15) is 0 Å². The van der Waals surface area contributed by atoms with Crippen LogP contribution in [0, 0.1) is 0 Å². The Bertz CT molecular complexity index is 710. The number of hydrogen-bond donors (Lipinski definition) is 1. The number of ether oxygens (including phenoxy) is 1. The zero-order chi connectivity index (χ0) is 17.4. The highest BCUT2D eigenvalue weighted by atomic mass is 32.1. The van der Waals surface area contributed by atoms with Crippen LogP contribution in [-0.2, 0) is 20.7 Å². The normalized spacial score (nSPS) is 10.2. The van der Waals surface area contributed by atoms with Crippen LogP contribution in [0.5, 0.6) is 0 Å². The van der Waals surface area contributed by atoms with Crippen molar-refractivity contribution < 1.29 is 19.1 Å². The number of thiophene rings is 1. The molecule has 5 nitrogen and oxygen atoms in total. The van der Waals surface area contributed by atoms with Crippen molar-refractivity contribution in [3.8, 4) is 0 Å². The third kappa shape index (κ3) is 5.62. The summed E-state index contributed by atoms with van der Waals surface area (Å²) in [5.41, 5.74) is 0.844. The average molecular weight is 345 g/mol. The van der Waals surface area contributed by atoms with E-state index in [2.05, 4.69) is 5.32 Å². The van der Waals surface area contributed by atoms with Crippen molar-refractivity contribution in [3.05, 3.63) is 52.2 Å². The molecule has 0 spiro atoms. The Morgan fingerprint density at radius 3 is 2.62 bits per heavy atom. The molecule has 2 rings (SSSR count). The topological polar surface area (TPSA) is 72.5 Å². The number of aryl methyl sites for hydroxylation is 1. The van der Waals surface area contributed by atoms with Gasteiger partial charge in [0.15, 0.2) is 12.4 Å². The maximum atomic E-state index is 11.9. The standard InChI is InChI=1S/C18H19NO4S/c1-13(20)15-8-2-3-9-16(15)19-17(21)12-23-18(22)10-4-6-14-7-5-11-24-14/h2-3,5,7-9,11H,4,6,10,12H2,1H3,(H,19,21). The molecule has 24 heavy (non-hydrogen) atoms. The number of Topliss-reactive ketones (excluding diaryl/α,β-unsaturated/α-hetero) is 1. The van der Waals surface area contributed by atoms with Crippen molar-refractivity contribution in [2.45, 2.75) is 26.2 Å². The van der Waals surface area contributed by atoms with Crippen LogP contribution in [0.1, 0.15) is 35.0 Å². The predicted octanol–water partition coefficient (Wildman–Crippen LogP) is 3.46. The van der Waals surface area contributed by atoms with E-state index in [1.807, 2.05) is 17.5 Å². The van der Waals surface area contributed by atoms with Crippen LogP contribution in [0.2, 0.25) is 0 Å². The van der Waals surface area contributed by atoms with Gasteiger partial charge in [-0.1, -0.05) is 18.2 Å². The summed E-state index contributed by atoms with van der Waals surface area (Å²) in [6.07, 6.45) is 1.79. The van der Waals surface area contributed by atoms with E-state index in [4.69, 9.17) is 4.74 Å². The van der Waals surface area contributed by atoms with E-state index in [1.54, 1.807) is 35.6 Å². The van der Waals surface area contributed by atoms with Crippen LogP contribution < -0.4 is 5.32 Å². The van der Waals surface area contributed by atoms with Gasteiger partial charge < -0.3 is 10.1 Å². The van der Waals surface area contributed by atoms with Gasteiger partial charge in [-0.3, -0.25) is 14.4 Å². The third-order valence-electron chi connectivity index (χ3n) is 3.33. The number of nitrogens with one attached hydrogen (secondary N) is 1. The Morgan fingerprint density at radius 1 is 1.12 bits per heavy atom. The summed E-state index contributed by atoms with van der Waals surface area (Å²) in [6.45, 7) is 1.07. The van der Waals surface area contributed by atoms with Gasteiger partial charge in [0.05, 0.1) is 5.69 Å². The third-order valence-corrected chi connectivity index (χ3v) is 4.27. The van der Waals surface area contributed by atoms with Gasteiger partial charge in [-0.15, -0.1) is 11.3 Å². The smallest absolute Gasteiger partial charge is 0.306 e.